The topological polar surface area (TPSA) is 86.4 Å². The number of carbonyl (C=O) groups excluding carboxylic acids is 1. The molecule has 1 atom stereocenters. The molecule has 0 radical (unpaired) electrons. The van der Waals surface area contributed by atoms with E-state index in [1.165, 1.54) is 6.07 Å². The third-order valence-electron chi connectivity index (χ3n) is 3.77. The van der Waals surface area contributed by atoms with Crippen molar-refractivity contribution in [3.8, 4) is 5.75 Å². The average molecular weight is 327 g/mol. The fourth-order valence-corrected chi connectivity index (χ4v) is 2.23. The summed E-state index contributed by atoms with van der Waals surface area (Å²) in [5.41, 5.74) is 1.47. The van der Waals surface area contributed by atoms with Gasteiger partial charge in [-0.25, -0.2) is 4.79 Å². The van der Waals surface area contributed by atoms with Crippen LogP contribution >= 0.6 is 0 Å². The minimum atomic E-state index is -0.725. The summed E-state index contributed by atoms with van der Waals surface area (Å²) in [5, 5.41) is 7.63. The molecule has 1 aromatic carbocycles. The summed E-state index contributed by atoms with van der Waals surface area (Å²) in [6.45, 7) is 3.51. The summed E-state index contributed by atoms with van der Waals surface area (Å²) in [7, 11) is 1.80. The molecule has 3 aromatic rings. The molecule has 0 bridgehead atoms. The number of aryl methyl sites for hydroxylation is 1. The Morgan fingerprint density at radius 1 is 1.33 bits per heavy atom. The second-order valence-corrected chi connectivity index (χ2v) is 5.47. The first kappa shape index (κ1) is 15.8. The van der Waals surface area contributed by atoms with E-state index in [2.05, 4.69) is 10.4 Å². The van der Waals surface area contributed by atoms with Gasteiger partial charge < -0.3 is 14.5 Å². The average Bonchev–Trinajstić information content (AvgIpc) is 2.86. The van der Waals surface area contributed by atoms with Crippen molar-refractivity contribution in [2.45, 2.75) is 20.0 Å². The molecule has 24 heavy (non-hydrogen) atoms. The van der Waals surface area contributed by atoms with Gasteiger partial charge in [-0.05, 0) is 32.0 Å². The van der Waals surface area contributed by atoms with Gasteiger partial charge in [0.2, 0.25) is 0 Å². The van der Waals surface area contributed by atoms with Gasteiger partial charge in [0.05, 0.1) is 17.6 Å². The van der Waals surface area contributed by atoms with Gasteiger partial charge in [-0.15, -0.1) is 0 Å². The van der Waals surface area contributed by atoms with Gasteiger partial charge in [-0.2, -0.15) is 5.10 Å². The first-order valence-electron chi connectivity index (χ1n) is 7.44. The predicted octanol–water partition coefficient (Wildman–Crippen LogP) is 2.24. The third kappa shape index (κ3) is 3.15. The Labute approximate surface area is 137 Å². The van der Waals surface area contributed by atoms with E-state index in [1.807, 2.05) is 6.92 Å². The Morgan fingerprint density at radius 2 is 2.08 bits per heavy atom. The molecule has 124 valence electrons. The van der Waals surface area contributed by atoms with E-state index in [0.717, 1.165) is 11.1 Å². The Hall–Kier alpha value is -3.09. The highest BCUT2D eigenvalue weighted by molar-refractivity contribution is 5.94. The molecule has 1 amide bonds. The van der Waals surface area contributed by atoms with Crippen LogP contribution in [0.4, 0.5) is 5.69 Å². The molecule has 1 N–H and O–H groups in total. The van der Waals surface area contributed by atoms with Crippen LogP contribution in [0.2, 0.25) is 0 Å². The maximum atomic E-state index is 12.2. The lowest BCUT2D eigenvalue weighted by atomic mass is 10.2. The van der Waals surface area contributed by atoms with E-state index < -0.39 is 11.7 Å². The summed E-state index contributed by atoms with van der Waals surface area (Å²) in [6.07, 6.45) is 0.863. The van der Waals surface area contributed by atoms with Crippen LogP contribution in [0.5, 0.6) is 5.75 Å². The number of amides is 1. The Balaban J connectivity index is 1.74. The molecule has 0 aliphatic heterocycles. The molecule has 0 aliphatic carbocycles. The standard InChI is InChI=1S/C17H17N3O4/c1-10-14(9-18-20(10)3)19-17(22)11(2)23-13-6-4-12-5-7-16(21)24-15(12)8-13/h4-9,11H,1-3H3,(H,19,22). The van der Waals surface area contributed by atoms with Crippen LogP contribution in [0.3, 0.4) is 0 Å². The predicted molar refractivity (Wildman–Crippen MR) is 89.1 cm³/mol. The molecular weight excluding hydrogens is 310 g/mol. The van der Waals surface area contributed by atoms with Crippen molar-refractivity contribution in [3.63, 3.8) is 0 Å². The van der Waals surface area contributed by atoms with Gasteiger partial charge in [-0.3, -0.25) is 9.48 Å². The van der Waals surface area contributed by atoms with Gasteiger partial charge >= 0.3 is 5.63 Å². The molecule has 1 unspecified atom stereocenters. The molecule has 7 heteroatoms. The number of nitrogens with zero attached hydrogens (tertiary/aromatic N) is 2. The number of anilines is 1. The van der Waals surface area contributed by atoms with Crippen molar-refractivity contribution < 1.29 is 13.9 Å². The van der Waals surface area contributed by atoms with E-state index in [9.17, 15) is 9.59 Å². The fraction of sp³-hybridized carbons (Fsp3) is 0.235. The molecule has 7 nitrogen and oxygen atoms in total. The molecule has 0 spiro atoms. The maximum absolute atomic E-state index is 12.2. The van der Waals surface area contributed by atoms with E-state index >= 15 is 0 Å². The van der Waals surface area contributed by atoms with Crippen molar-refractivity contribution in [3.05, 3.63) is 52.6 Å². The number of nitrogens with one attached hydrogen (secondary N) is 1. The van der Waals surface area contributed by atoms with Crippen LogP contribution in [-0.2, 0) is 11.8 Å². The number of ether oxygens (including phenoxy) is 1. The lowest BCUT2D eigenvalue weighted by Gasteiger charge is -2.14. The molecule has 2 aromatic heterocycles. The molecule has 0 aliphatic rings. The molecule has 3 rings (SSSR count). The minimum Gasteiger partial charge on any atom is -0.481 e. The van der Waals surface area contributed by atoms with Crippen LogP contribution < -0.4 is 15.7 Å². The van der Waals surface area contributed by atoms with Crippen LogP contribution in [0, 0.1) is 6.92 Å². The highest BCUT2D eigenvalue weighted by Crippen LogP contribution is 2.21. The fourth-order valence-electron chi connectivity index (χ4n) is 2.23. The van der Waals surface area contributed by atoms with E-state index in [4.69, 9.17) is 9.15 Å². The van der Waals surface area contributed by atoms with Crippen molar-refractivity contribution >= 4 is 22.6 Å². The number of hydrogen-bond acceptors (Lipinski definition) is 5. The number of hydrogen-bond donors (Lipinski definition) is 1. The zero-order valence-electron chi connectivity index (χ0n) is 13.6. The highest BCUT2D eigenvalue weighted by atomic mass is 16.5. The van der Waals surface area contributed by atoms with Crippen LogP contribution in [-0.4, -0.2) is 21.8 Å². The Kier molecular flexibility index (Phi) is 4.07. The number of aromatic nitrogens is 2. The zero-order valence-corrected chi connectivity index (χ0v) is 13.6. The molecule has 0 fully saturated rings. The molecule has 0 saturated carbocycles. The number of carbonyl (C=O) groups is 1. The van der Waals surface area contributed by atoms with Gasteiger partial charge in [0.15, 0.2) is 6.10 Å². The maximum Gasteiger partial charge on any atom is 0.336 e. The van der Waals surface area contributed by atoms with Crippen molar-refractivity contribution in [2.75, 3.05) is 5.32 Å². The monoisotopic (exact) mass is 327 g/mol. The molecular formula is C17H17N3O4. The lowest BCUT2D eigenvalue weighted by molar-refractivity contribution is -0.122. The van der Waals surface area contributed by atoms with Gasteiger partial charge in [0.25, 0.3) is 5.91 Å². The van der Waals surface area contributed by atoms with Crippen LogP contribution in [0.1, 0.15) is 12.6 Å². The third-order valence-corrected chi connectivity index (χ3v) is 3.77. The smallest absolute Gasteiger partial charge is 0.336 e. The van der Waals surface area contributed by atoms with E-state index in [-0.39, 0.29) is 5.91 Å². The van der Waals surface area contributed by atoms with Crippen LogP contribution in [0.25, 0.3) is 11.0 Å². The molecule has 2 heterocycles. The number of rotatable bonds is 4. The van der Waals surface area contributed by atoms with E-state index in [0.29, 0.717) is 17.0 Å². The Bertz CT molecular complexity index is 958. The van der Waals surface area contributed by atoms with Crippen molar-refractivity contribution in [1.82, 2.24) is 9.78 Å². The van der Waals surface area contributed by atoms with Crippen molar-refractivity contribution in [1.29, 1.82) is 0 Å². The van der Waals surface area contributed by atoms with Crippen molar-refractivity contribution in [2.24, 2.45) is 7.05 Å². The minimum absolute atomic E-state index is 0.291. The largest absolute Gasteiger partial charge is 0.481 e. The van der Waals surface area contributed by atoms with Gasteiger partial charge in [-0.1, -0.05) is 0 Å². The van der Waals surface area contributed by atoms with Crippen LogP contribution in [0.15, 0.2) is 45.7 Å². The first-order chi connectivity index (χ1) is 11.4. The molecule has 0 saturated heterocycles. The summed E-state index contributed by atoms with van der Waals surface area (Å²) >= 11 is 0. The summed E-state index contributed by atoms with van der Waals surface area (Å²) in [5.74, 6) is 0.156. The zero-order chi connectivity index (χ0) is 17.3. The van der Waals surface area contributed by atoms with Gasteiger partial charge in [0.1, 0.15) is 11.3 Å². The second-order valence-electron chi connectivity index (χ2n) is 5.47. The summed E-state index contributed by atoms with van der Waals surface area (Å²) in [6, 6.07) is 8.11. The quantitative estimate of drug-likeness (QED) is 0.743. The highest BCUT2D eigenvalue weighted by Gasteiger charge is 2.17. The number of benzene rings is 1. The lowest BCUT2D eigenvalue weighted by Crippen LogP contribution is -2.30. The van der Waals surface area contributed by atoms with Gasteiger partial charge in [0, 0.05) is 24.6 Å². The Morgan fingerprint density at radius 3 is 2.79 bits per heavy atom. The summed E-state index contributed by atoms with van der Waals surface area (Å²) in [4.78, 5) is 23.5. The number of fused-ring (bicyclic) bond motifs is 1. The second kappa shape index (κ2) is 6.19. The normalized spacial score (nSPS) is 12.1. The van der Waals surface area contributed by atoms with E-state index in [1.54, 1.807) is 49.1 Å². The SMILES string of the molecule is Cc1c(NC(=O)C(C)Oc2ccc3ccc(=O)oc3c2)cnn1C. The summed E-state index contributed by atoms with van der Waals surface area (Å²) < 4.78 is 12.4. The first-order valence-corrected chi connectivity index (χ1v) is 7.44.